The Balaban J connectivity index is 1.66. The smallest absolute Gasteiger partial charge is 0.225 e. The van der Waals surface area contributed by atoms with Crippen molar-refractivity contribution in [3.8, 4) is 28.6 Å². The Bertz CT molecular complexity index is 1200. The monoisotopic (exact) mass is 424 g/mol. The summed E-state index contributed by atoms with van der Waals surface area (Å²) in [4.78, 5) is 8.90. The summed E-state index contributed by atoms with van der Waals surface area (Å²) in [5, 5.41) is 8.29. The average molecular weight is 425 g/mol. The van der Waals surface area contributed by atoms with Crippen molar-refractivity contribution in [2.45, 2.75) is 6.92 Å². The lowest BCUT2D eigenvalue weighted by atomic mass is 10.1. The van der Waals surface area contributed by atoms with Gasteiger partial charge in [0.25, 0.3) is 0 Å². The molecule has 0 atom stereocenters. The third kappa shape index (κ3) is 3.81. The van der Waals surface area contributed by atoms with E-state index in [0.717, 1.165) is 16.9 Å². The van der Waals surface area contributed by atoms with Gasteiger partial charge < -0.3 is 19.4 Å². The van der Waals surface area contributed by atoms with Crippen molar-refractivity contribution in [2.75, 3.05) is 19.5 Å². The van der Waals surface area contributed by atoms with Crippen molar-refractivity contribution in [3.05, 3.63) is 59.6 Å². The van der Waals surface area contributed by atoms with Gasteiger partial charge in [0.05, 0.1) is 42.6 Å². The highest BCUT2D eigenvalue weighted by atomic mass is 35.5. The summed E-state index contributed by atoms with van der Waals surface area (Å²) in [6.07, 6.45) is 3.70. The number of hydrogen-bond donors (Lipinski definition) is 1. The van der Waals surface area contributed by atoms with Crippen LogP contribution in [0.15, 0.2) is 48.9 Å². The van der Waals surface area contributed by atoms with Crippen molar-refractivity contribution in [1.29, 1.82) is 0 Å². The van der Waals surface area contributed by atoms with Crippen LogP contribution in [0.5, 0.6) is 11.5 Å². The molecule has 0 aliphatic heterocycles. The van der Waals surface area contributed by atoms with Crippen LogP contribution in [0.4, 0.5) is 11.6 Å². The average Bonchev–Trinajstić information content (AvgIpc) is 3.34. The third-order valence-electron chi connectivity index (χ3n) is 4.61. The summed E-state index contributed by atoms with van der Waals surface area (Å²) in [6.45, 7) is 1.94. The largest absolute Gasteiger partial charge is 0.497 e. The van der Waals surface area contributed by atoms with E-state index in [1.807, 2.05) is 49.0 Å². The first-order valence-electron chi connectivity index (χ1n) is 9.19. The van der Waals surface area contributed by atoms with E-state index in [2.05, 4.69) is 20.4 Å². The molecule has 2 aromatic heterocycles. The lowest BCUT2D eigenvalue weighted by molar-refractivity contribution is 0.413. The van der Waals surface area contributed by atoms with Crippen molar-refractivity contribution in [3.63, 3.8) is 0 Å². The summed E-state index contributed by atoms with van der Waals surface area (Å²) >= 11 is 6.30. The van der Waals surface area contributed by atoms with Gasteiger partial charge in [-0.15, -0.1) is 5.10 Å². The van der Waals surface area contributed by atoms with Crippen LogP contribution in [0.2, 0.25) is 5.02 Å². The van der Waals surface area contributed by atoms with Crippen molar-refractivity contribution in [1.82, 2.24) is 24.3 Å². The molecule has 9 heteroatoms. The summed E-state index contributed by atoms with van der Waals surface area (Å²) < 4.78 is 14.4. The normalized spacial score (nSPS) is 10.8. The van der Waals surface area contributed by atoms with Gasteiger partial charge in [-0.1, -0.05) is 11.6 Å². The zero-order valence-corrected chi connectivity index (χ0v) is 17.8. The van der Waals surface area contributed by atoms with Crippen LogP contribution in [-0.4, -0.2) is 38.5 Å². The fourth-order valence-corrected chi connectivity index (χ4v) is 3.21. The molecule has 8 nitrogen and oxygen atoms in total. The van der Waals surface area contributed by atoms with Crippen molar-refractivity contribution >= 4 is 23.2 Å². The molecular weight excluding hydrogens is 404 g/mol. The van der Waals surface area contributed by atoms with Gasteiger partial charge in [-0.3, -0.25) is 0 Å². The van der Waals surface area contributed by atoms with E-state index in [-0.39, 0.29) is 0 Å². The van der Waals surface area contributed by atoms with Gasteiger partial charge in [-0.05, 0) is 37.3 Å². The molecule has 0 radical (unpaired) electrons. The molecule has 4 rings (SSSR count). The van der Waals surface area contributed by atoms with Crippen LogP contribution in [-0.2, 0) is 7.05 Å². The summed E-state index contributed by atoms with van der Waals surface area (Å²) in [5.74, 6) is 2.50. The van der Waals surface area contributed by atoms with Crippen LogP contribution < -0.4 is 14.8 Å². The fourth-order valence-electron chi connectivity index (χ4n) is 3.05. The van der Waals surface area contributed by atoms with E-state index < -0.39 is 0 Å². The van der Waals surface area contributed by atoms with E-state index in [4.69, 9.17) is 21.1 Å². The van der Waals surface area contributed by atoms with Gasteiger partial charge in [0, 0.05) is 24.9 Å². The Morgan fingerprint density at radius 3 is 2.60 bits per heavy atom. The number of methoxy groups -OCH3 is 2. The summed E-state index contributed by atoms with van der Waals surface area (Å²) in [5.41, 5.74) is 3.33. The Kier molecular flexibility index (Phi) is 5.33. The van der Waals surface area contributed by atoms with E-state index in [0.29, 0.717) is 34.0 Å². The Labute approximate surface area is 179 Å². The SMILES string of the molecule is COc1ccc(Cl)c(Nc2nc(-c3ccc(-n4cnc(C)c4)c(OC)c3)nn2C)c1. The number of halogens is 1. The van der Waals surface area contributed by atoms with Gasteiger partial charge in [0.1, 0.15) is 11.5 Å². The van der Waals surface area contributed by atoms with Gasteiger partial charge >= 0.3 is 0 Å². The molecule has 1 N–H and O–H groups in total. The molecule has 4 aromatic rings. The second-order valence-electron chi connectivity index (χ2n) is 6.66. The maximum absolute atomic E-state index is 6.30. The predicted molar refractivity (Wildman–Crippen MR) is 116 cm³/mol. The maximum Gasteiger partial charge on any atom is 0.225 e. The first-order valence-corrected chi connectivity index (χ1v) is 9.57. The maximum atomic E-state index is 6.30. The van der Waals surface area contributed by atoms with E-state index in [1.54, 1.807) is 37.4 Å². The first-order chi connectivity index (χ1) is 14.5. The van der Waals surface area contributed by atoms with Crippen LogP contribution in [0.3, 0.4) is 0 Å². The number of benzene rings is 2. The standard InChI is InChI=1S/C21H21ClN6O2/c1-13-11-28(12-23-13)18-8-5-14(9-19(18)30-4)20-25-21(27(2)26-20)24-17-10-15(29-3)6-7-16(17)22/h5-12H,1-4H3,(H,24,25,26). The van der Waals surface area contributed by atoms with E-state index >= 15 is 0 Å². The number of rotatable bonds is 6. The minimum Gasteiger partial charge on any atom is -0.497 e. The lowest BCUT2D eigenvalue weighted by Crippen LogP contribution is -2.01. The van der Waals surface area contributed by atoms with Crippen LogP contribution in [0.1, 0.15) is 5.69 Å². The molecule has 0 amide bonds. The van der Waals surface area contributed by atoms with Crippen LogP contribution >= 0.6 is 11.6 Å². The lowest BCUT2D eigenvalue weighted by Gasteiger charge is -2.10. The molecular formula is C21H21ClN6O2. The molecule has 0 bridgehead atoms. The van der Waals surface area contributed by atoms with Gasteiger partial charge in [0.15, 0.2) is 5.82 Å². The van der Waals surface area contributed by atoms with Crippen LogP contribution in [0.25, 0.3) is 17.1 Å². The number of nitrogens with one attached hydrogen (secondary N) is 1. The van der Waals surface area contributed by atoms with Crippen molar-refractivity contribution in [2.24, 2.45) is 7.05 Å². The Morgan fingerprint density at radius 2 is 1.90 bits per heavy atom. The molecule has 2 aromatic carbocycles. The van der Waals surface area contributed by atoms with Gasteiger partial charge in [0.2, 0.25) is 5.95 Å². The van der Waals surface area contributed by atoms with Crippen LogP contribution in [0, 0.1) is 6.92 Å². The number of aryl methyl sites for hydroxylation is 2. The highest BCUT2D eigenvalue weighted by molar-refractivity contribution is 6.33. The zero-order chi connectivity index (χ0) is 21.3. The summed E-state index contributed by atoms with van der Waals surface area (Å²) in [6, 6.07) is 11.2. The number of imidazole rings is 1. The predicted octanol–water partition coefficient (Wildman–Crippen LogP) is 4.39. The highest BCUT2D eigenvalue weighted by Crippen LogP contribution is 2.31. The number of nitrogens with zero attached hydrogens (tertiary/aromatic N) is 5. The van der Waals surface area contributed by atoms with Gasteiger partial charge in [-0.25, -0.2) is 9.67 Å². The number of aromatic nitrogens is 5. The quantitative estimate of drug-likeness (QED) is 0.494. The first kappa shape index (κ1) is 19.8. The second-order valence-corrected chi connectivity index (χ2v) is 7.07. The van der Waals surface area contributed by atoms with Gasteiger partial charge in [-0.2, -0.15) is 4.98 Å². The number of anilines is 2. The van der Waals surface area contributed by atoms with E-state index in [1.165, 1.54) is 0 Å². The Morgan fingerprint density at radius 1 is 1.07 bits per heavy atom. The third-order valence-corrected chi connectivity index (χ3v) is 4.94. The Hall–Kier alpha value is -3.52. The molecule has 0 saturated heterocycles. The molecule has 0 fully saturated rings. The molecule has 0 saturated carbocycles. The molecule has 30 heavy (non-hydrogen) atoms. The fraction of sp³-hybridized carbons (Fsp3) is 0.190. The second kappa shape index (κ2) is 8.08. The molecule has 154 valence electrons. The molecule has 0 aliphatic carbocycles. The van der Waals surface area contributed by atoms with E-state index in [9.17, 15) is 0 Å². The minimum absolute atomic E-state index is 0.549. The molecule has 0 spiro atoms. The highest BCUT2D eigenvalue weighted by Gasteiger charge is 2.14. The number of hydrogen-bond acceptors (Lipinski definition) is 6. The minimum atomic E-state index is 0.549. The molecule has 0 aliphatic rings. The molecule has 2 heterocycles. The van der Waals surface area contributed by atoms with Crippen molar-refractivity contribution < 1.29 is 9.47 Å². The molecule has 0 unspecified atom stereocenters. The summed E-state index contributed by atoms with van der Waals surface area (Å²) in [7, 11) is 5.05. The zero-order valence-electron chi connectivity index (χ0n) is 17.0. The topological polar surface area (TPSA) is 79.0 Å². The number of ether oxygens (including phenoxy) is 2.